The van der Waals surface area contributed by atoms with Gasteiger partial charge in [-0.1, -0.05) is 54.6 Å². The molecule has 4 rings (SSSR count). The topological polar surface area (TPSA) is 65.0 Å². The quantitative estimate of drug-likeness (QED) is 0.296. The third-order valence-corrected chi connectivity index (χ3v) is 5.75. The number of fused-ring (bicyclic) bond motifs is 2. The van der Waals surface area contributed by atoms with E-state index in [1.165, 1.54) is 5.56 Å². The van der Waals surface area contributed by atoms with E-state index in [9.17, 15) is 9.90 Å². The van der Waals surface area contributed by atoms with Crippen molar-refractivity contribution in [2.24, 2.45) is 5.92 Å². The van der Waals surface area contributed by atoms with E-state index in [4.69, 9.17) is 14.2 Å². The summed E-state index contributed by atoms with van der Waals surface area (Å²) in [6.45, 7) is 3.73. The fraction of sp³-hybridized carbons (Fsp3) is 0.577. The van der Waals surface area contributed by atoms with Crippen LogP contribution in [0.5, 0.6) is 0 Å². The molecule has 31 heavy (non-hydrogen) atoms. The molecule has 3 aliphatic rings. The van der Waals surface area contributed by atoms with Crippen LogP contribution in [0.25, 0.3) is 0 Å². The Morgan fingerprint density at radius 1 is 1.23 bits per heavy atom. The second-order valence-corrected chi connectivity index (χ2v) is 8.72. The van der Waals surface area contributed by atoms with Gasteiger partial charge in [-0.05, 0) is 51.5 Å². The number of hydrogen-bond acceptors (Lipinski definition) is 5. The maximum Gasteiger partial charge on any atom is 0.306 e. The van der Waals surface area contributed by atoms with Crippen molar-refractivity contribution in [1.29, 1.82) is 0 Å². The van der Waals surface area contributed by atoms with E-state index < -0.39 is 6.10 Å². The molecule has 3 saturated heterocycles. The number of esters is 1. The van der Waals surface area contributed by atoms with Crippen molar-refractivity contribution in [1.82, 2.24) is 0 Å². The summed E-state index contributed by atoms with van der Waals surface area (Å²) >= 11 is 0. The smallest absolute Gasteiger partial charge is 0.306 e. The Morgan fingerprint density at radius 3 is 2.74 bits per heavy atom. The molecule has 0 aliphatic carbocycles. The monoisotopic (exact) mass is 428 g/mol. The number of aliphatic hydroxyl groups excluding tert-OH is 1. The number of aliphatic hydroxyl groups is 1. The highest BCUT2D eigenvalue weighted by atomic mass is 16.7. The Hall–Kier alpha value is -1.95. The predicted molar refractivity (Wildman–Crippen MR) is 120 cm³/mol. The number of ether oxygens (including phenoxy) is 3. The summed E-state index contributed by atoms with van der Waals surface area (Å²) in [6, 6.07) is 10.2. The molecule has 5 atom stereocenters. The zero-order chi connectivity index (χ0) is 22.1. The van der Waals surface area contributed by atoms with Gasteiger partial charge in [-0.2, -0.15) is 0 Å². The summed E-state index contributed by atoms with van der Waals surface area (Å²) < 4.78 is 16.9. The molecular formula is C26H36O5. The molecule has 1 aromatic rings. The Bertz CT molecular complexity index is 721. The van der Waals surface area contributed by atoms with Crippen LogP contribution in [0.2, 0.25) is 0 Å². The largest absolute Gasteiger partial charge is 0.463 e. The SMILES string of the molecule is CC(C)OC(=O)CCC/C=C\C[C@@H]1[C@@H](/C=C/[C@@H](O)CCc2ccccc2)O[C@@H]2C[C@H]1O2. The minimum atomic E-state index is -0.482. The second-order valence-electron chi connectivity index (χ2n) is 8.72. The van der Waals surface area contributed by atoms with Crippen molar-refractivity contribution >= 4 is 5.97 Å². The van der Waals surface area contributed by atoms with E-state index >= 15 is 0 Å². The summed E-state index contributed by atoms with van der Waals surface area (Å²) in [5, 5.41) is 10.4. The van der Waals surface area contributed by atoms with Crippen LogP contribution in [-0.2, 0) is 25.4 Å². The fourth-order valence-electron chi connectivity index (χ4n) is 4.05. The van der Waals surface area contributed by atoms with Gasteiger partial charge >= 0.3 is 5.97 Å². The van der Waals surface area contributed by atoms with Gasteiger partial charge in [-0.3, -0.25) is 4.79 Å². The molecule has 0 amide bonds. The van der Waals surface area contributed by atoms with Gasteiger partial charge in [0, 0.05) is 18.8 Å². The molecule has 5 heteroatoms. The molecular weight excluding hydrogens is 392 g/mol. The fourth-order valence-corrected chi connectivity index (χ4v) is 4.05. The molecule has 1 aromatic carbocycles. The lowest BCUT2D eigenvalue weighted by atomic mass is 9.84. The number of unbranched alkanes of at least 4 members (excludes halogenated alkanes) is 1. The van der Waals surface area contributed by atoms with Crippen LogP contribution in [0.3, 0.4) is 0 Å². The standard InChI is InChI=1S/C26H36O5/c1-19(2)29-25(28)13-9-4-3-8-12-22-23(30-26-18-24(22)31-26)17-16-21(27)15-14-20-10-6-5-7-11-20/h3,5-8,10-11,16-17,19,21-24,26-27H,4,9,12-15,18H2,1-2H3/b8-3-,17-16+/t21-,22+,23+,24+,26-/m0/s1. The Morgan fingerprint density at radius 2 is 2.00 bits per heavy atom. The van der Waals surface area contributed by atoms with Crippen molar-refractivity contribution in [3.8, 4) is 0 Å². The first-order valence-electron chi connectivity index (χ1n) is 11.6. The number of allylic oxidation sites excluding steroid dienone is 2. The van der Waals surface area contributed by atoms with Gasteiger partial charge in [0.25, 0.3) is 0 Å². The molecule has 0 radical (unpaired) electrons. The predicted octanol–water partition coefficient (Wildman–Crippen LogP) is 4.73. The van der Waals surface area contributed by atoms with Crippen molar-refractivity contribution in [3.05, 3.63) is 60.2 Å². The lowest BCUT2D eigenvalue weighted by Crippen LogP contribution is -2.55. The molecule has 1 N–H and O–H groups in total. The van der Waals surface area contributed by atoms with Gasteiger partial charge in [0.1, 0.15) is 0 Å². The molecule has 0 aromatic heterocycles. The molecule has 0 saturated carbocycles. The number of aryl methyl sites for hydroxylation is 1. The number of carbonyl (C=O) groups excluding carboxylic acids is 1. The van der Waals surface area contributed by atoms with Crippen LogP contribution in [0.1, 0.15) is 57.9 Å². The molecule has 0 unspecified atom stereocenters. The van der Waals surface area contributed by atoms with Gasteiger partial charge in [0.05, 0.1) is 24.4 Å². The minimum Gasteiger partial charge on any atom is -0.463 e. The van der Waals surface area contributed by atoms with Crippen LogP contribution in [0, 0.1) is 5.92 Å². The molecule has 2 bridgehead atoms. The zero-order valence-corrected chi connectivity index (χ0v) is 18.7. The second kappa shape index (κ2) is 12.2. The molecule has 3 fully saturated rings. The van der Waals surface area contributed by atoms with Crippen molar-refractivity contribution in [3.63, 3.8) is 0 Å². The summed E-state index contributed by atoms with van der Waals surface area (Å²) in [7, 11) is 0. The van der Waals surface area contributed by atoms with Crippen molar-refractivity contribution < 1.29 is 24.1 Å². The van der Waals surface area contributed by atoms with Gasteiger partial charge in [0.15, 0.2) is 6.29 Å². The Labute approximate surface area is 186 Å². The highest BCUT2D eigenvalue weighted by molar-refractivity contribution is 5.69. The van der Waals surface area contributed by atoms with Crippen LogP contribution in [-0.4, -0.2) is 41.8 Å². The summed E-state index contributed by atoms with van der Waals surface area (Å²) in [5.74, 6) is 0.124. The molecule has 3 heterocycles. The van der Waals surface area contributed by atoms with Crippen molar-refractivity contribution in [2.45, 2.75) is 89.5 Å². The van der Waals surface area contributed by atoms with Gasteiger partial charge in [0.2, 0.25) is 0 Å². The summed E-state index contributed by atoms with van der Waals surface area (Å²) in [5.41, 5.74) is 1.24. The summed E-state index contributed by atoms with van der Waals surface area (Å²) in [6.07, 6.45) is 13.2. The Kier molecular flexibility index (Phi) is 9.31. The van der Waals surface area contributed by atoms with Gasteiger partial charge in [-0.15, -0.1) is 0 Å². The maximum atomic E-state index is 11.6. The third-order valence-electron chi connectivity index (χ3n) is 5.75. The van der Waals surface area contributed by atoms with Crippen LogP contribution >= 0.6 is 0 Å². The normalized spacial score (nSPS) is 26.3. The minimum absolute atomic E-state index is 0.0328. The van der Waals surface area contributed by atoms with Crippen molar-refractivity contribution in [2.75, 3.05) is 0 Å². The van der Waals surface area contributed by atoms with Crippen LogP contribution in [0.15, 0.2) is 54.6 Å². The highest BCUT2D eigenvalue weighted by Crippen LogP contribution is 2.40. The van der Waals surface area contributed by atoms with E-state index in [0.717, 1.165) is 32.1 Å². The van der Waals surface area contributed by atoms with Crippen LogP contribution in [0.4, 0.5) is 0 Å². The number of rotatable bonds is 12. The van der Waals surface area contributed by atoms with Gasteiger partial charge < -0.3 is 19.3 Å². The maximum absolute atomic E-state index is 11.6. The Balaban J connectivity index is 1.40. The highest BCUT2D eigenvalue weighted by Gasteiger charge is 2.46. The van der Waals surface area contributed by atoms with E-state index in [1.807, 2.05) is 44.2 Å². The third kappa shape index (κ3) is 7.91. The summed E-state index contributed by atoms with van der Waals surface area (Å²) in [4.78, 5) is 11.6. The molecule has 0 spiro atoms. The van der Waals surface area contributed by atoms with E-state index in [1.54, 1.807) is 0 Å². The first-order valence-corrected chi connectivity index (χ1v) is 11.6. The first-order chi connectivity index (χ1) is 15.0. The van der Waals surface area contributed by atoms with E-state index in [0.29, 0.717) is 12.8 Å². The number of carbonyl (C=O) groups is 1. The van der Waals surface area contributed by atoms with Gasteiger partial charge in [-0.25, -0.2) is 0 Å². The van der Waals surface area contributed by atoms with Crippen LogP contribution < -0.4 is 0 Å². The average molecular weight is 429 g/mol. The first kappa shape index (κ1) is 23.7. The number of benzene rings is 1. The van der Waals surface area contributed by atoms with E-state index in [-0.39, 0.29) is 36.5 Å². The molecule has 3 aliphatic heterocycles. The van der Waals surface area contributed by atoms with E-state index in [2.05, 4.69) is 24.3 Å². The lowest BCUT2D eigenvalue weighted by molar-refractivity contribution is -0.337. The average Bonchev–Trinajstić information content (AvgIpc) is 2.73. The molecule has 5 nitrogen and oxygen atoms in total. The molecule has 170 valence electrons. The zero-order valence-electron chi connectivity index (χ0n) is 18.7. The number of hydrogen-bond donors (Lipinski definition) is 1. The lowest BCUT2D eigenvalue weighted by Gasteiger charge is -2.49.